The predicted octanol–water partition coefficient (Wildman–Crippen LogP) is 3.47. The van der Waals surface area contributed by atoms with E-state index < -0.39 is 8.80 Å². The Morgan fingerprint density at radius 2 is 1.62 bits per heavy atom. The molecule has 0 aliphatic heterocycles. The summed E-state index contributed by atoms with van der Waals surface area (Å²) < 4.78 is 16.9. The Bertz CT molecular complexity index is 174. The van der Waals surface area contributed by atoms with Crippen molar-refractivity contribution in [2.75, 3.05) is 20.8 Å². The lowest BCUT2D eigenvalue weighted by Gasteiger charge is -2.28. The minimum absolute atomic E-state index is 0.298. The van der Waals surface area contributed by atoms with Crippen LogP contribution in [0.25, 0.3) is 0 Å². The molecule has 0 saturated heterocycles. The molecule has 0 aromatic carbocycles. The fraction of sp³-hybridized carbons (Fsp3) is 1.00. The van der Waals surface area contributed by atoms with Crippen molar-refractivity contribution in [1.29, 1.82) is 0 Å². The number of hydrogen-bond donors (Lipinski definition) is 0. The molecular formula is C12H28O3Si. The van der Waals surface area contributed by atoms with Crippen molar-refractivity contribution in [3.05, 3.63) is 0 Å². The molecule has 4 heteroatoms. The molecule has 0 fully saturated rings. The van der Waals surface area contributed by atoms with Crippen molar-refractivity contribution in [2.45, 2.75) is 53.0 Å². The molecule has 0 spiro atoms. The zero-order chi connectivity index (χ0) is 12.7. The van der Waals surface area contributed by atoms with Crippen molar-refractivity contribution in [2.24, 2.45) is 5.41 Å². The summed E-state index contributed by atoms with van der Waals surface area (Å²) in [6.45, 7) is 9.53. The van der Waals surface area contributed by atoms with Gasteiger partial charge >= 0.3 is 8.80 Å². The SMILES string of the molecule is CCCC[Si](OC)(OC)OCCC(C)(C)C. The zero-order valence-electron chi connectivity index (χ0n) is 11.8. The Morgan fingerprint density at radius 1 is 1.06 bits per heavy atom. The first-order chi connectivity index (χ1) is 7.39. The third kappa shape index (κ3) is 6.63. The Balaban J connectivity index is 4.11. The maximum atomic E-state index is 5.90. The summed E-state index contributed by atoms with van der Waals surface area (Å²) in [5, 5.41) is 0. The van der Waals surface area contributed by atoms with Crippen LogP contribution in [0.4, 0.5) is 0 Å². The summed E-state index contributed by atoms with van der Waals surface area (Å²) in [4.78, 5) is 0. The third-order valence-electron chi connectivity index (χ3n) is 2.63. The molecule has 0 unspecified atom stereocenters. The van der Waals surface area contributed by atoms with Crippen LogP contribution in [0.5, 0.6) is 0 Å². The van der Waals surface area contributed by atoms with E-state index in [9.17, 15) is 0 Å². The van der Waals surface area contributed by atoms with Crippen molar-refractivity contribution < 1.29 is 13.3 Å². The summed E-state index contributed by atoms with van der Waals surface area (Å²) in [7, 11) is 1.03. The van der Waals surface area contributed by atoms with Crippen molar-refractivity contribution in [3.8, 4) is 0 Å². The van der Waals surface area contributed by atoms with Crippen LogP contribution >= 0.6 is 0 Å². The quantitative estimate of drug-likeness (QED) is 0.616. The molecule has 0 aliphatic rings. The standard InChI is InChI=1S/C12H28O3Si/c1-7-8-11-16(13-5,14-6)15-10-9-12(2,3)4/h7-11H2,1-6H3. The topological polar surface area (TPSA) is 27.7 Å². The van der Waals surface area contributed by atoms with Crippen molar-refractivity contribution >= 4 is 8.80 Å². The van der Waals surface area contributed by atoms with Crippen LogP contribution in [0.2, 0.25) is 6.04 Å². The van der Waals surface area contributed by atoms with E-state index in [4.69, 9.17) is 13.3 Å². The van der Waals surface area contributed by atoms with E-state index in [1.54, 1.807) is 14.2 Å². The second kappa shape index (κ2) is 7.43. The fourth-order valence-corrected chi connectivity index (χ4v) is 3.54. The molecule has 0 radical (unpaired) electrons. The van der Waals surface area contributed by atoms with Crippen LogP contribution < -0.4 is 0 Å². The van der Waals surface area contributed by atoms with Crippen molar-refractivity contribution in [1.82, 2.24) is 0 Å². The molecule has 98 valence electrons. The Labute approximate surface area is 102 Å². The summed E-state index contributed by atoms with van der Waals surface area (Å²) in [6.07, 6.45) is 3.27. The van der Waals surface area contributed by atoms with Gasteiger partial charge < -0.3 is 13.3 Å². The second-order valence-electron chi connectivity index (χ2n) is 5.35. The highest BCUT2D eigenvalue weighted by molar-refractivity contribution is 6.60. The molecule has 0 saturated carbocycles. The van der Waals surface area contributed by atoms with Gasteiger partial charge in [-0.25, -0.2) is 0 Å². The van der Waals surface area contributed by atoms with Crippen LogP contribution in [-0.4, -0.2) is 29.6 Å². The molecule has 0 aromatic rings. The van der Waals surface area contributed by atoms with E-state index in [-0.39, 0.29) is 0 Å². The van der Waals surface area contributed by atoms with E-state index in [0.29, 0.717) is 5.41 Å². The van der Waals surface area contributed by atoms with Gasteiger partial charge in [0.25, 0.3) is 0 Å². The molecule has 0 N–H and O–H groups in total. The predicted molar refractivity (Wildman–Crippen MR) is 69.5 cm³/mol. The van der Waals surface area contributed by atoms with E-state index in [2.05, 4.69) is 27.7 Å². The van der Waals surface area contributed by atoms with Crippen molar-refractivity contribution in [3.63, 3.8) is 0 Å². The molecule has 0 aromatic heterocycles. The Hall–Kier alpha value is 0.0969. The lowest BCUT2D eigenvalue weighted by atomic mass is 9.93. The van der Waals surface area contributed by atoms with Gasteiger partial charge in [-0.3, -0.25) is 0 Å². The zero-order valence-corrected chi connectivity index (χ0v) is 12.8. The van der Waals surface area contributed by atoms with Gasteiger partial charge in [0.15, 0.2) is 0 Å². The molecule has 0 atom stereocenters. The molecule has 0 heterocycles. The van der Waals surface area contributed by atoms with Crippen LogP contribution in [-0.2, 0) is 13.3 Å². The lowest BCUT2D eigenvalue weighted by Crippen LogP contribution is -2.44. The molecule has 16 heavy (non-hydrogen) atoms. The molecule has 0 rings (SSSR count). The third-order valence-corrected chi connectivity index (χ3v) is 5.49. The van der Waals surface area contributed by atoms with Gasteiger partial charge in [0.2, 0.25) is 0 Å². The smallest absolute Gasteiger partial charge is 0.377 e. The first-order valence-electron chi connectivity index (χ1n) is 6.13. The minimum atomic E-state index is -2.36. The molecule has 3 nitrogen and oxygen atoms in total. The highest BCUT2D eigenvalue weighted by Crippen LogP contribution is 2.22. The van der Waals surface area contributed by atoms with E-state index in [1.165, 1.54) is 0 Å². The molecule has 0 bridgehead atoms. The average Bonchev–Trinajstić information content (AvgIpc) is 2.22. The second-order valence-corrected chi connectivity index (χ2v) is 8.33. The number of hydrogen-bond acceptors (Lipinski definition) is 3. The van der Waals surface area contributed by atoms with Crippen LogP contribution in [0.15, 0.2) is 0 Å². The first kappa shape index (κ1) is 16.1. The van der Waals surface area contributed by atoms with Crippen LogP contribution in [0, 0.1) is 5.41 Å². The van der Waals surface area contributed by atoms with Gasteiger partial charge in [0.05, 0.1) is 0 Å². The Kier molecular flexibility index (Phi) is 7.47. The number of rotatable bonds is 8. The number of unbranched alkanes of at least 4 members (excludes halogenated alkanes) is 1. The maximum Gasteiger partial charge on any atom is 0.500 e. The molecule has 0 aliphatic carbocycles. The summed E-state index contributed by atoms with van der Waals surface area (Å²) in [5.74, 6) is 0. The maximum absolute atomic E-state index is 5.90. The van der Waals surface area contributed by atoms with E-state index >= 15 is 0 Å². The van der Waals surface area contributed by atoms with Gasteiger partial charge in [-0.1, -0.05) is 34.1 Å². The lowest BCUT2D eigenvalue weighted by molar-refractivity contribution is 0.0863. The van der Waals surface area contributed by atoms with Gasteiger partial charge in [-0.2, -0.15) is 0 Å². The monoisotopic (exact) mass is 248 g/mol. The average molecular weight is 248 g/mol. The summed E-state index contributed by atoms with van der Waals surface area (Å²) >= 11 is 0. The van der Waals surface area contributed by atoms with Gasteiger partial charge in [-0.15, -0.1) is 0 Å². The van der Waals surface area contributed by atoms with Gasteiger partial charge in [0.1, 0.15) is 0 Å². The van der Waals surface area contributed by atoms with Crippen LogP contribution in [0.1, 0.15) is 47.0 Å². The highest BCUT2D eigenvalue weighted by Gasteiger charge is 2.38. The van der Waals surface area contributed by atoms with Gasteiger partial charge in [-0.05, 0) is 18.3 Å². The normalized spacial score (nSPS) is 13.1. The molecule has 0 amide bonds. The first-order valence-corrected chi connectivity index (χ1v) is 8.06. The van der Waals surface area contributed by atoms with Gasteiger partial charge in [0, 0.05) is 26.9 Å². The minimum Gasteiger partial charge on any atom is -0.377 e. The van der Waals surface area contributed by atoms with E-state index in [1.807, 2.05) is 0 Å². The van der Waals surface area contributed by atoms with Crippen LogP contribution in [0.3, 0.4) is 0 Å². The largest absolute Gasteiger partial charge is 0.500 e. The summed E-state index contributed by atoms with van der Waals surface area (Å²) in [6, 6.07) is 0.917. The summed E-state index contributed by atoms with van der Waals surface area (Å²) in [5.41, 5.74) is 0.298. The highest BCUT2D eigenvalue weighted by atomic mass is 28.4. The van der Waals surface area contributed by atoms with E-state index in [0.717, 1.165) is 31.9 Å². The molecular weight excluding hydrogens is 220 g/mol. The fourth-order valence-electron chi connectivity index (χ4n) is 1.38. The Morgan fingerprint density at radius 3 is 2.00 bits per heavy atom.